The molecule has 0 saturated carbocycles. The van der Waals surface area contributed by atoms with Gasteiger partial charge in [0.25, 0.3) is 0 Å². The van der Waals surface area contributed by atoms with Crippen LogP contribution in [0.3, 0.4) is 0 Å². The molecule has 0 unspecified atom stereocenters. The quantitative estimate of drug-likeness (QED) is 0.835. The molecule has 5 nitrogen and oxygen atoms in total. The van der Waals surface area contributed by atoms with E-state index in [-0.39, 0.29) is 50.0 Å². The fourth-order valence-electron chi connectivity index (χ4n) is 1.73. The third-order valence-corrected chi connectivity index (χ3v) is 2.82. The maximum atomic E-state index is 12.1. The molecule has 0 saturated heterocycles. The Balaban J connectivity index is 0.00000220. The summed E-state index contributed by atoms with van der Waals surface area (Å²) in [5.74, 6) is 0.211. The predicted octanol–water partition coefficient (Wildman–Crippen LogP) is 3.03. The van der Waals surface area contributed by atoms with Crippen molar-refractivity contribution >= 4 is 11.9 Å². The normalized spacial score (nSPS) is 10.9. The first-order valence-corrected chi connectivity index (χ1v) is 6.42. The topological polar surface area (TPSA) is 68.0 Å². The van der Waals surface area contributed by atoms with Crippen LogP contribution in [-0.4, -0.2) is 16.1 Å². The van der Waals surface area contributed by atoms with E-state index in [4.69, 9.17) is 4.42 Å². The molecule has 1 amide bonds. The summed E-state index contributed by atoms with van der Waals surface area (Å²) in [7, 11) is 0. The van der Waals surface area contributed by atoms with Gasteiger partial charge in [-0.25, -0.2) is 0 Å². The Labute approximate surface area is 149 Å². The molecule has 0 bridgehead atoms. The zero-order chi connectivity index (χ0) is 14.9. The monoisotopic (exact) mass is 361 g/mol. The standard InChI is InChI=1S/C15H18N3O2.Y/c1-9-6-7-11(10(2)8-9)12(19)16-14-18-17-13(20-14)15(3,4)5;/h6-7H,1-5H3,(H,16,18,19);/q-1;. The van der Waals surface area contributed by atoms with Crippen LogP contribution in [0.25, 0.3) is 0 Å². The first-order valence-electron chi connectivity index (χ1n) is 6.42. The Morgan fingerprint density at radius 1 is 1.24 bits per heavy atom. The van der Waals surface area contributed by atoms with Crippen LogP contribution in [0.4, 0.5) is 6.01 Å². The number of benzene rings is 1. The van der Waals surface area contributed by atoms with E-state index in [1.54, 1.807) is 6.07 Å². The molecule has 0 atom stereocenters. The first-order chi connectivity index (χ1) is 9.27. The summed E-state index contributed by atoms with van der Waals surface area (Å²) in [6.45, 7) is 9.67. The van der Waals surface area contributed by atoms with E-state index >= 15 is 0 Å². The molecule has 0 aliphatic heterocycles. The summed E-state index contributed by atoms with van der Waals surface area (Å²) < 4.78 is 5.44. The predicted molar refractivity (Wildman–Crippen MR) is 75.7 cm³/mol. The van der Waals surface area contributed by atoms with Gasteiger partial charge in [-0.1, -0.05) is 45.3 Å². The van der Waals surface area contributed by atoms with E-state index in [2.05, 4.69) is 21.6 Å². The Morgan fingerprint density at radius 3 is 2.43 bits per heavy atom. The fraction of sp³-hybridized carbons (Fsp3) is 0.400. The third kappa shape index (κ3) is 4.45. The number of amides is 1. The molecule has 0 aliphatic carbocycles. The summed E-state index contributed by atoms with van der Waals surface area (Å²) >= 11 is 0. The number of anilines is 1. The number of nitrogens with one attached hydrogen (secondary N) is 1. The second-order valence-electron chi connectivity index (χ2n) is 5.80. The zero-order valence-electron chi connectivity index (χ0n) is 12.9. The number of aromatic nitrogens is 2. The van der Waals surface area contributed by atoms with E-state index in [0.717, 1.165) is 11.1 Å². The molecule has 0 aliphatic rings. The van der Waals surface area contributed by atoms with Gasteiger partial charge in [-0.3, -0.25) is 10.1 Å². The Kier molecular flexibility index (Phi) is 5.82. The second-order valence-corrected chi connectivity index (χ2v) is 5.80. The summed E-state index contributed by atoms with van der Waals surface area (Å²) in [6.07, 6.45) is 0. The molecule has 1 aromatic carbocycles. The van der Waals surface area contributed by atoms with E-state index in [9.17, 15) is 4.79 Å². The van der Waals surface area contributed by atoms with Crippen LogP contribution >= 0.6 is 0 Å². The van der Waals surface area contributed by atoms with Crippen molar-refractivity contribution in [3.8, 4) is 0 Å². The van der Waals surface area contributed by atoms with Gasteiger partial charge in [0.05, 0.1) is 0 Å². The molecule has 1 heterocycles. The number of hydrogen-bond acceptors (Lipinski definition) is 4. The number of aryl methyl sites for hydroxylation is 2. The Morgan fingerprint density at radius 2 is 1.90 bits per heavy atom. The molecule has 2 aromatic rings. The number of nitrogens with zero attached hydrogens (tertiary/aromatic N) is 2. The molecule has 1 N–H and O–H groups in total. The van der Waals surface area contributed by atoms with Crippen LogP contribution in [0.5, 0.6) is 0 Å². The van der Waals surface area contributed by atoms with Gasteiger partial charge in [-0.05, 0) is 0 Å². The van der Waals surface area contributed by atoms with Crippen LogP contribution in [0.1, 0.15) is 48.1 Å². The molecule has 1 aromatic heterocycles. The van der Waals surface area contributed by atoms with E-state index in [1.165, 1.54) is 0 Å². The molecule has 21 heavy (non-hydrogen) atoms. The number of carbonyl (C=O) groups excluding carboxylic acids is 1. The molecule has 0 fully saturated rings. The van der Waals surface area contributed by atoms with Crippen molar-refractivity contribution < 1.29 is 41.9 Å². The van der Waals surface area contributed by atoms with Crippen LogP contribution in [0.2, 0.25) is 0 Å². The largest absolute Gasteiger partial charge is 0.407 e. The van der Waals surface area contributed by atoms with Crippen LogP contribution < -0.4 is 5.32 Å². The van der Waals surface area contributed by atoms with Crippen molar-refractivity contribution in [1.82, 2.24) is 10.2 Å². The summed E-state index contributed by atoms with van der Waals surface area (Å²) in [4.78, 5) is 12.1. The minimum atomic E-state index is -0.275. The van der Waals surface area contributed by atoms with Crippen molar-refractivity contribution in [2.75, 3.05) is 5.32 Å². The maximum Gasteiger partial charge on any atom is 0.321 e. The SMILES string of the molecule is Cc1[c-]c(C)c(C(=O)Nc2nnc(C(C)(C)C)o2)cc1.[Y]. The van der Waals surface area contributed by atoms with Crippen LogP contribution in [0.15, 0.2) is 16.5 Å². The van der Waals surface area contributed by atoms with Gasteiger partial charge in [-0.15, -0.1) is 5.10 Å². The Bertz CT molecular complexity index is 645. The molecule has 2 rings (SSSR count). The smallest absolute Gasteiger partial charge is 0.321 e. The van der Waals surface area contributed by atoms with Crippen LogP contribution in [-0.2, 0) is 38.1 Å². The van der Waals surface area contributed by atoms with Crippen molar-refractivity contribution in [1.29, 1.82) is 0 Å². The van der Waals surface area contributed by atoms with Gasteiger partial charge < -0.3 is 4.42 Å². The minimum absolute atomic E-state index is 0. The summed E-state index contributed by atoms with van der Waals surface area (Å²) in [5.41, 5.74) is 2.08. The van der Waals surface area contributed by atoms with Gasteiger partial charge in [0.1, 0.15) is 0 Å². The van der Waals surface area contributed by atoms with E-state index in [1.807, 2.05) is 40.7 Å². The zero-order valence-corrected chi connectivity index (χ0v) is 15.8. The molecule has 0 spiro atoms. The molecular formula is C15H18N3O2Y-. The summed E-state index contributed by atoms with van der Waals surface area (Å²) in [5, 5.41) is 10.4. The molecule has 1 radical (unpaired) electrons. The van der Waals surface area contributed by atoms with Gasteiger partial charge >= 0.3 is 6.01 Å². The van der Waals surface area contributed by atoms with Crippen molar-refractivity contribution in [3.63, 3.8) is 0 Å². The van der Waals surface area contributed by atoms with E-state index < -0.39 is 0 Å². The van der Waals surface area contributed by atoms with Crippen molar-refractivity contribution in [3.05, 3.63) is 40.8 Å². The number of hydrogen-bond donors (Lipinski definition) is 1. The van der Waals surface area contributed by atoms with Gasteiger partial charge in [0.2, 0.25) is 11.8 Å². The summed E-state index contributed by atoms with van der Waals surface area (Å²) in [6, 6.07) is 6.82. The first kappa shape index (κ1) is 18.0. The maximum absolute atomic E-state index is 12.1. The van der Waals surface area contributed by atoms with Gasteiger partial charge in [0, 0.05) is 38.1 Å². The second kappa shape index (κ2) is 6.80. The van der Waals surface area contributed by atoms with E-state index in [0.29, 0.717) is 11.5 Å². The number of rotatable bonds is 2. The third-order valence-electron chi connectivity index (χ3n) is 2.82. The molecular weight excluding hydrogens is 343 g/mol. The van der Waals surface area contributed by atoms with Crippen LogP contribution in [0, 0.1) is 19.9 Å². The average molecular weight is 361 g/mol. The minimum Gasteiger partial charge on any atom is -0.407 e. The van der Waals surface area contributed by atoms with Crippen molar-refractivity contribution in [2.45, 2.75) is 40.0 Å². The molecule has 109 valence electrons. The van der Waals surface area contributed by atoms with Gasteiger partial charge in [-0.2, -0.15) is 29.3 Å². The average Bonchev–Trinajstić information content (AvgIpc) is 2.76. The Hall–Kier alpha value is -1.07. The fourth-order valence-corrected chi connectivity index (χ4v) is 1.73. The molecule has 6 heteroatoms. The van der Waals surface area contributed by atoms with Gasteiger partial charge in [0.15, 0.2) is 0 Å². The number of carbonyl (C=O) groups is 1. The van der Waals surface area contributed by atoms with Crippen molar-refractivity contribution in [2.24, 2.45) is 0 Å².